The minimum atomic E-state index is -0.480. The molecule has 2 amide bonds. The molecule has 0 aliphatic carbocycles. The Morgan fingerprint density at radius 1 is 1.00 bits per heavy atom. The first kappa shape index (κ1) is 12.5. The van der Waals surface area contributed by atoms with E-state index in [9.17, 15) is 14.0 Å². The fraction of sp³-hybridized carbons (Fsp3) is 0.125. The smallest absolute Gasteiger partial charge is 0.241 e. The molecule has 0 N–H and O–H groups in total. The van der Waals surface area contributed by atoms with Gasteiger partial charge in [-0.3, -0.25) is 9.59 Å². The van der Waals surface area contributed by atoms with Gasteiger partial charge in [0.2, 0.25) is 11.8 Å². The zero-order chi connectivity index (χ0) is 14.1. The average Bonchev–Trinajstić information content (AvgIpc) is 2.75. The zero-order valence-electron chi connectivity index (χ0n) is 10.6. The molecular formula is C16H12FNO2. The fourth-order valence-corrected chi connectivity index (χ4v) is 2.46. The summed E-state index contributed by atoms with van der Waals surface area (Å²) in [5.74, 6) is -1.54. The van der Waals surface area contributed by atoms with Crippen LogP contribution in [0.15, 0.2) is 54.6 Å². The molecule has 1 saturated heterocycles. The molecule has 1 heterocycles. The van der Waals surface area contributed by atoms with Crippen LogP contribution in [0.3, 0.4) is 0 Å². The Hall–Kier alpha value is -2.49. The topological polar surface area (TPSA) is 37.4 Å². The van der Waals surface area contributed by atoms with Gasteiger partial charge >= 0.3 is 0 Å². The SMILES string of the molecule is O=C1CC(c2ccccc2)C(=O)N1c1cccc(F)c1. The maximum atomic E-state index is 13.2. The molecule has 4 heteroatoms. The highest BCUT2D eigenvalue weighted by molar-refractivity contribution is 6.22. The standard InChI is InChI=1S/C16H12FNO2/c17-12-7-4-8-13(9-12)18-15(19)10-14(16(18)20)11-5-2-1-3-6-11/h1-9,14H,10H2. The number of amides is 2. The first-order chi connectivity index (χ1) is 9.66. The molecule has 1 aliphatic rings. The maximum Gasteiger partial charge on any atom is 0.241 e. The lowest BCUT2D eigenvalue weighted by Crippen LogP contribution is -2.30. The van der Waals surface area contributed by atoms with Crippen LogP contribution in [0.1, 0.15) is 17.9 Å². The van der Waals surface area contributed by atoms with Crippen LogP contribution < -0.4 is 4.90 Å². The molecule has 0 bridgehead atoms. The van der Waals surface area contributed by atoms with Crippen LogP contribution in [-0.2, 0) is 9.59 Å². The van der Waals surface area contributed by atoms with Crippen molar-refractivity contribution in [2.45, 2.75) is 12.3 Å². The Balaban J connectivity index is 1.95. The van der Waals surface area contributed by atoms with Crippen LogP contribution in [0, 0.1) is 5.82 Å². The van der Waals surface area contributed by atoms with Crippen molar-refractivity contribution in [3.8, 4) is 0 Å². The van der Waals surface area contributed by atoms with Gasteiger partial charge in [-0.25, -0.2) is 9.29 Å². The highest BCUT2D eigenvalue weighted by Crippen LogP contribution is 2.33. The van der Waals surface area contributed by atoms with Crippen molar-refractivity contribution in [2.75, 3.05) is 4.90 Å². The minimum Gasteiger partial charge on any atom is -0.274 e. The van der Waals surface area contributed by atoms with E-state index in [1.165, 1.54) is 18.2 Å². The van der Waals surface area contributed by atoms with Crippen LogP contribution in [0.2, 0.25) is 0 Å². The number of halogens is 1. The summed E-state index contributed by atoms with van der Waals surface area (Å²) in [4.78, 5) is 25.5. The van der Waals surface area contributed by atoms with Crippen molar-refractivity contribution in [3.63, 3.8) is 0 Å². The molecule has 0 spiro atoms. The molecule has 0 saturated carbocycles. The first-order valence-electron chi connectivity index (χ1n) is 6.34. The minimum absolute atomic E-state index is 0.124. The monoisotopic (exact) mass is 269 g/mol. The lowest BCUT2D eigenvalue weighted by atomic mass is 9.98. The molecule has 1 fully saturated rings. The molecular weight excluding hydrogens is 257 g/mol. The largest absolute Gasteiger partial charge is 0.274 e. The maximum absolute atomic E-state index is 13.2. The van der Waals surface area contributed by atoms with Crippen molar-refractivity contribution in [1.29, 1.82) is 0 Å². The summed E-state index contributed by atoms with van der Waals surface area (Å²) in [6, 6.07) is 14.7. The van der Waals surface area contributed by atoms with Gasteiger partial charge in [0.05, 0.1) is 11.6 Å². The summed E-state index contributed by atoms with van der Waals surface area (Å²) >= 11 is 0. The van der Waals surface area contributed by atoms with Gasteiger partial charge in [-0.05, 0) is 23.8 Å². The third-order valence-electron chi connectivity index (χ3n) is 3.41. The van der Waals surface area contributed by atoms with Gasteiger partial charge < -0.3 is 0 Å². The van der Waals surface area contributed by atoms with Gasteiger partial charge in [-0.15, -0.1) is 0 Å². The van der Waals surface area contributed by atoms with E-state index in [2.05, 4.69) is 0 Å². The van der Waals surface area contributed by atoms with E-state index < -0.39 is 11.7 Å². The van der Waals surface area contributed by atoms with Gasteiger partial charge in [-0.2, -0.15) is 0 Å². The van der Waals surface area contributed by atoms with E-state index in [0.717, 1.165) is 10.5 Å². The molecule has 1 aliphatic heterocycles. The number of benzene rings is 2. The quantitative estimate of drug-likeness (QED) is 0.786. The molecule has 3 rings (SSSR count). The van der Waals surface area contributed by atoms with Crippen molar-refractivity contribution in [1.82, 2.24) is 0 Å². The van der Waals surface area contributed by atoms with Crippen molar-refractivity contribution in [2.24, 2.45) is 0 Å². The van der Waals surface area contributed by atoms with Crippen LogP contribution in [-0.4, -0.2) is 11.8 Å². The Morgan fingerprint density at radius 2 is 1.75 bits per heavy atom. The fourth-order valence-electron chi connectivity index (χ4n) is 2.46. The lowest BCUT2D eigenvalue weighted by Gasteiger charge is -2.15. The number of hydrogen-bond donors (Lipinski definition) is 0. The Bertz CT molecular complexity index is 669. The second-order valence-corrected chi connectivity index (χ2v) is 4.71. The zero-order valence-corrected chi connectivity index (χ0v) is 10.6. The molecule has 2 aromatic rings. The van der Waals surface area contributed by atoms with Gasteiger partial charge in [0.25, 0.3) is 0 Å². The Morgan fingerprint density at radius 3 is 2.45 bits per heavy atom. The van der Waals surface area contributed by atoms with Crippen molar-refractivity contribution >= 4 is 17.5 Å². The Kier molecular flexibility index (Phi) is 3.06. The molecule has 2 aromatic carbocycles. The predicted molar refractivity (Wildman–Crippen MR) is 72.7 cm³/mol. The molecule has 0 radical (unpaired) electrons. The number of imide groups is 1. The number of nitrogens with zero attached hydrogens (tertiary/aromatic N) is 1. The second kappa shape index (κ2) is 4.89. The van der Waals surface area contributed by atoms with E-state index in [1.54, 1.807) is 6.07 Å². The number of hydrogen-bond acceptors (Lipinski definition) is 2. The van der Waals surface area contributed by atoms with Crippen molar-refractivity contribution < 1.29 is 14.0 Å². The predicted octanol–water partition coefficient (Wildman–Crippen LogP) is 2.87. The molecule has 20 heavy (non-hydrogen) atoms. The number of anilines is 1. The van der Waals surface area contributed by atoms with Gasteiger partial charge in [0.1, 0.15) is 5.82 Å². The highest BCUT2D eigenvalue weighted by Gasteiger charge is 2.40. The second-order valence-electron chi connectivity index (χ2n) is 4.71. The lowest BCUT2D eigenvalue weighted by molar-refractivity contribution is -0.121. The third kappa shape index (κ3) is 2.09. The summed E-state index contributed by atoms with van der Waals surface area (Å²) < 4.78 is 13.2. The average molecular weight is 269 g/mol. The molecule has 1 atom stereocenters. The highest BCUT2D eigenvalue weighted by atomic mass is 19.1. The van der Waals surface area contributed by atoms with Gasteiger partial charge in [0, 0.05) is 6.42 Å². The molecule has 3 nitrogen and oxygen atoms in total. The van der Waals surface area contributed by atoms with Crippen LogP contribution in [0.25, 0.3) is 0 Å². The first-order valence-corrected chi connectivity index (χ1v) is 6.34. The summed E-state index contributed by atoms with van der Waals surface area (Å²) in [6.45, 7) is 0. The molecule has 0 aromatic heterocycles. The van der Waals surface area contributed by atoms with E-state index in [0.29, 0.717) is 5.69 Å². The summed E-state index contributed by atoms with van der Waals surface area (Å²) in [6.07, 6.45) is 0.124. The van der Waals surface area contributed by atoms with Crippen molar-refractivity contribution in [3.05, 3.63) is 66.0 Å². The number of carbonyl (C=O) groups is 2. The van der Waals surface area contributed by atoms with Gasteiger partial charge in [0.15, 0.2) is 0 Å². The van der Waals surface area contributed by atoms with Crippen LogP contribution in [0.4, 0.5) is 10.1 Å². The number of rotatable bonds is 2. The summed E-state index contributed by atoms with van der Waals surface area (Å²) in [7, 11) is 0. The van der Waals surface area contributed by atoms with Crippen LogP contribution in [0.5, 0.6) is 0 Å². The Labute approximate surface area is 115 Å². The summed E-state index contributed by atoms with van der Waals surface area (Å²) in [5, 5.41) is 0. The van der Waals surface area contributed by atoms with Crippen LogP contribution >= 0.6 is 0 Å². The van der Waals surface area contributed by atoms with E-state index in [1.807, 2.05) is 30.3 Å². The molecule has 1 unspecified atom stereocenters. The van der Waals surface area contributed by atoms with E-state index >= 15 is 0 Å². The number of carbonyl (C=O) groups excluding carboxylic acids is 2. The van der Waals surface area contributed by atoms with E-state index in [-0.39, 0.29) is 18.2 Å². The normalized spacial score (nSPS) is 18.6. The molecule has 100 valence electrons. The van der Waals surface area contributed by atoms with Gasteiger partial charge in [-0.1, -0.05) is 36.4 Å². The summed E-state index contributed by atoms with van der Waals surface area (Å²) in [5.41, 5.74) is 1.10. The van der Waals surface area contributed by atoms with E-state index in [4.69, 9.17) is 0 Å². The third-order valence-corrected chi connectivity index (χ3v) is 3.41.